The lowest BCUT2D eigenvalue weighted by molar-refractivity contribution is -0.111. The highest BCUT2D eigenvalue weighted by atomic mass is 127. The highest BCUT2D eigenvalue weighted by Gasteiger charge is 2.07. The SMILES string of the molecule is O=C(/C=C/c1c(Cl)nc2ccccn12)Nc1ccc(I)cc1. The lowest BCUT2D eigenvalue weighted by atomic mass is 10.3. The fourth-order valence-corrected chi connectivity index (χ4v) is 2.61. The van der Waals surface area contributed by atoms with E-state index in [1.54, 1.807) is 6.08 Å². The van der Waals surface area contributed by atoms with E-state index in [0.717, 1.165) is 14.9 Å². The van der Waals surface area contributed by atoms with Gasteiger partial charge >= 0.3 is 0 Å². The molecule has 3 rings (SSSR count). The Bertz CT molecular complexity index is 855. The largest absolute Gasteiger partial charge is 0.323 e. The molecule has 3 aromatic rings. The van der Waals surface area contributed by atoms with E-state index in [1.165, 1.54) is 6.08 Å². The van der Waals surface area contributed by atoms with Crippen molar-refractivity contribution in [3.8, 4) is 0 Å². The van der Waals surface area contributed by atoms with Gasteiger partial charge < -0.3 is 5.32 Å². The van der Waals surface area contributed by atoms with E-state index in [4.69, 9.17) is 11.6 Å². The zero-order chi connectivity index (χ0) is 15.5. The molecule has 0 saturated heterocycles. The first-order valence-corrected chi connectivity index (χ1v) is 7.96. The van der Waals surface area contributed by atoms with Gasteiger partial charge in [-0.3, -0.25) is 9.20 Å². The van der Waals surface area contributed by atoms with Gasteiger partial charge in [0.25, 0.3) is 0 Å². The van der Waals surface area contributed by atoms with E-state index >= 15 is 0 Å². The molecule has 0 atom stereocenters. The van der Waals surface area contributed by atoms with Crippen molar-refractivity contribution >= 4 is 57.5 Å². The van der Waals surface area contributed by atoms with Crippen LogP contribution in [0.3, 0.4) is 0 Å². The predicted octanol–water partition coefficient (Wildman–Crippen LogP) is 4.24. The molecule has 2 aromatic heterocycles. The molecule has 0 unspecified atom stereocenters. The molecule has 0 fully saturated rings. The molecular weight excluding hydrogens is 413 g/mol. The summed E-state index contributed by atoms with van der Waals surface area (Å²) in [6, 6.07) is 13.2. The molecule has 0 bridgehead atoms. The zero-order valence-electron chi connectivity index (χ0n) is 11.3. The van der Waals surface area contributed by atoms with Crippen molar-refractivity contribution in [2.75, 3.05) is 5.32 Å². The molecule has 0 spiro atoms. The van der Waals surface area contributed by atoms with E-state index in [2.05, 4.69) is 32.9 Å². The van der Waals surface area contributed by atoms with Gasteiger partial charge in [0.15, 0.2) is 5.15 Å². The number of nitrogens with zero attached hydrogens (tertiary/aromatic N) is 2. The first-order valence-electron chi connectivity index (χ1n) is 6.51. The van der Waals surface area contributed by atoms with Crippen LogP contribution in [-0.4, -0.2) is 15.3 Å². The number of hydrogen-bond donors (Lipinski definition) is 1. The quantitative estimate of drug-likeness (QED) is 0.506. The van der Waals surface area contributed by atoms with Crippen LogP contribution < -0.4 is 5.32 Å². The number of amides is 1. The highest BCUT2D eigenvalue weighted by Crippen LogP contribution is 2.19. The minimum absolute atomic E-state index is 0.219. The number of rotatable bonds is 3. The summed E-state index contributed by atoms with van der Waals surface area (Å²) in [5.74, 6) is -0.219. The summed E-state index contributed by atoms with van der Waals surface area (Å²) >= 11 is 8.33. The molecule has 0 aliphatic rings. The van der Waals surface area contributed by atoms with Crippen molar-refractivity contribution < 1.29 is 4.79 Å². The second kappa shape index (κ2) is 6.50. The van der Waals surface area contributed by atoms with Crippen LogP contribution in [0.1, 0.15) is 5.69 Å². The molecule has 0 radical (unpaired) electrons. The van der Waals surface area contributed by atoms with E-state index in [9.17, 15) is 4.79 Å². The van der Waals surface area contributed by atoms with Gasteiger partial charge in [-0.1, -0.05) is 17.7 Å². The van der Waals surface area contributed by atoms with Crippen molar-refractivity contribution in [1.29, 1.82) is 0 Å². The summed E-state index contributed by atoms with van der Waals surface area (Å²) in [5, 5.41) is 3.16. The first-order chi connectivity index (χ1) is 10.6. The van der Waals surface area contributed by atoms with Gasteiger partial charge in [0.05, 0.1) is 5.69 Å². The lowest BCUT2D eigenvalue weighted by Crippen LogP contribution is -2.07. The number of nitrogens with one attached hydrogen (secondary N) is 1. The maximum atomic E-state index is 12.0. The Hall–Kier alpha value is -1.86. The number of carbonyl (C=O) groups excluding carboxylic acids is 1. The Balaban J connectivity index is 1.79. The first kappa shape index (κ1) is 15.1. The van der Waals surface area contributed by atoms with E-state index in [-0.39, 0.29) is 5.91 Å². The average Bonchev–Trinajstić information content (AvgIpc) is 2.83. The zero-order valence-corrected chi connectivity index (χ0v) is 14.2. The summed E-state index contributed by atoms with van der Waals surface area (Å²) in [4.78, 5) is 16.2. The summed E-state index contributed by atoms with van der Waals surface area (Å²) in [5.41, 5.74) is 2.17. The molecule has 1 aromatic carbocycles. The summed E-state index contributed by atoms with van der Waals surface area (Å²) in [7, 11) is 0. The molecule has 22 heavy (non-hydrogen) atoms. The van der Waals surface area contributed by atoms with Gasteiger partial charge in [0, 0.05) is 21.5 Å². The van der Waals surface area contributed by atoms with Crippen LogP contribution in [0.15, 0.2) is 54.7 Å². The fourth-order valence-electron chi connectivity index (χ4n) is 2.01. The monoisotopic (exact) mass is 423 g/mol. The van der Waals surface area contributed by atoms with Gasteiger partial charge in [0.1, 0.15) is 5.65 Å². The third kappa shape index (κ3) is 3.31. The Morgan fingerprint density at radius 1 is 1.23 bits per heavy atom. The van der Waals surface area contributed by atoms with Gasteiger partial charge in [-0.15, -0.1) is 0 Å². The Morgan fingerprint density at radius 3 is 2.77 bits per heavy atom. The van der Waals surface area contributed by atoms with Gasteiger partial charge in [-0.05, 0) is 65.1 Å². The molecule has 6 heteroatoms. The number of imidazole rings is 1. The number of pyridine rings is 1. The van der Waals surface area contributed by atoms with Crippen LogP contribution in [0.4, 0.5) is 5.69 Å². The number of halogens is 2. The van der Waals surface area contributed by atoms with Crippen LogP contribution >= 0.6 is 34.2 Å². The molecule has 1 amide bonds. The summed E-state index contributed by atoms with van der Waals surface area (Å²) in [6.07, 6.45) is 4.95. The number of hydrogen-bond acceptors (Lipinski definition) is 2. The average molecular weight is 424 g/mol. The number of anilines is 1. The van der Waals surface area contributed by atoms with Crippen molar-refractivity contribution in [3.05, 3.63) is 69.2 Å². The standard InChI is InChI=1S/C16H11ClIN3O/c17-16-13(21-10-2-1-3-14(21)20-16)8-9-15(22)19-12-6-4-11(18)5-7-12/h1-10H,(H,19,22)/b9-8+. The maximum absolute atomic E-state index is 12.0. The van der Waals surface area contributed by atoms with E-state index < -0.39 is 0 Å². The van der Waals surface area contributed by atoms with Crippen LogP contribution in [-0.2, 0) is 4.79 Å². The molecule has 0 aliphatic heterocycles. The summed E-state index contributed by atoms with van der Waals surface area (Å²) in [6.45, 7) is 0. The van der Waals surface area contributed by atoms with Gasteiger partial charge in [-0.25, -0.2) is 4.98 Å². The molecule has 0 aliphatic carbocycles. The van der Waals surface area contributed by atoms with Crippen molar-refractivity contribution in [1.82, 2.24) is 9.38 Å². The second-order valence-electron chi connectivity index (χ2n) is 4.55. The summed E-state index contributed by atoms with van der Waals surface area (Å²) < 4.78 is 2.94. The fraction of sp³-hybridized carbons (Fsp3) is 0. The minimum Gasteiger partial charge on any atom is -0.323 e. The number of fused-ring (bicyclic) bond motifs is 1. The van der Waals surface area contributed by atoms with Crippen LogP contribution in [0, 0.1) is 3.57 Å². The molecule has 4 nitrogen and oxygen atoms in total. The number of benzene rings is 1. The van der Waals surface area contributed by atoms with Crippen molar-refractivity contribution in [3.63, 3.8) is 0 Å². The molecule has 1 N–H and O–H groups in total. The third-order valence-electron chi connectivity index (χ3n) is 3.03. The Kier molecular flexibility index (Phi) is 4.44. The van der Waals surface area contributed by atoms with Crippen LogP contribution in [0.5, 0.6) is 0 Å². The Labute approximate surface area is 146 Å². The van der Waals surface area contributed by atoms with Gasteiger partial charge in [-0.2, -0.15) is 0 Å². The smallest absolute Gasteiger partial charge is 0.248 e. The third-order valence-corrected chi connectivity index (χ3v) is 4.02. The maximum Gasteiger partial charge on any atom is 0.248 e. The second-order valence-corrected chi connectivity index (χ2v) is 6.15. The topological polar surface area (TPSA) is 46.4 Å². The minimum atomic E-state index is -0.219. The Morgan fingerprint density at radius 2 is 2.00 bits per heavy atom. The molecule has 0 saturated carbocycles. The normalized spacial score (nSPS) is 11.2. The highest BCUT2D eigenvalue weighted by molar-refractivity contribution is 14.1. The van der Waals surface area contributed by atoms with Crippen molar-refractivity contribution in [2.24, 2.45) is 0 Å². The van der Waals surface area contributed by atoms with E-state index in [1.807, 2.05) is 53.1 Å². The molecule has 110 valence electrons. The number of carbonyl (C=O) groups is 1. The molecule has 2 heterocycles. The van der Waals surface area contributed by atoms with Gasteiger partial charge in [0.2, 0.25) is 5.91 Å². The molecular formula is C16H11ClIN3O. The lowest BCUT2D eigenvalue weighted by Gasteiger charge is -2.01. The number of aromatic nitrogens is 2. The van der Waals surface area contributed by atoms with E-state index in [0.29, 0.717) is 10.8 Å². The van der Waals surface area contributed by atoms with Crippen molar-refractivity contribution in [2.45, 2.75) is 0 Å². The van der Waals surface area contributed by atoms with Crippen LogP contribution in [0.25, 0.3) is 11.7 Å². The predicted molar refractivity (Wildman–Crippen MR) is 97.0 cm³/mol. The van der Waals surface area contributed by atoms with Crippen LogP contribution in [0.2, 0.25) is 5.15 Å².